The predicted molar refractivity (Wildman–Crippen MR) is 257 cm³/mol. The van der Waals surface area contributed by atoms with Gasteiger partial charge in [-0.05, 0) is 119 Å². The van der Waals surface area contributed by atoms with Crippen LogP contribution in [0.5, 0.6) is 0 Å². The van der Waals surface area contributed by atoms with Crippen LogP contribution in [0.2, 0.25) is 0 Å². The monoisotopic (exact) mass is 784 g/mol. The standard InChI is InChI=1S/C58H44N2O/c1-3-16-40(17-4-1)45-25-13-18-41-19-14-26-48(57(41)45)46-22-7-10-27-51(46)60(44-35-32-39(33-36-44)42-34-37-56-50(38-42)47-23-9-12-31-55(47)61-56)54-30-15-29-53-58(54)49-24-8-11-28-52(49)59(53)43-20-5-2-6-21-43/h2,5-15,18-38,40H,1,3-4,16-17H2. The summed E-state index contributed by atoms with van der Waals surface area (Å²) < 4.78 is 8.61. The van der Waals surface area contributed by atoms with Crippen LogP contribution < -0.4 is 4.90 Å². The van der Waals surface area contributed by atoms with Gasteiger partial charge in [0.05, 0.1) is 22.4 Å². The molecule has 0 radical (unpaired) electrons. The molecule has 12 rings (SSSR count). The van der Waals surface area contributed by atoms with Gasteiger partial charge < -0.3 is 13.9 Å². The Bertz CT molecular complexity index is 3400. The summed E-state index contributed by atoms with van der Waals surface area (Å²) in [5, 5.41) is 7.42. The minimum Gasteiger partial charge on any atom is -0.456 e. The quantitative estimate of drug-likeness (QED) is 0.161. The Balaban J connectivity index is 1.09. The number of para-hydroxylation sites is 4. The van der Waals surface area contributed by atoms with Gasteiger partial charge in [-0.15, -0.1) is 0 Å². The summed E-state index contributed by atoms with van der Waals surface area (Å²) >= 11 is 0. The van der Waals surface area contributed by atoms with Gasteiger partial charge in [0, 0.05) is 38.5 Å². The molecule has 0 saturated heterocycles. The average molecular weight is 785 g/mol. The SMILES string of the molecule is c1ccc(-n2c3ccccc3c3c(N(c4ccc(-c5ccc6oc7ccccc7c6c5)cc4)c4ccccc4-c4cccc5cccc(C6CCCCC6)c45)cccc32)cc1. The number of fused-ring (bicyclic) bond motifs is 7. The second-order valence-electron chi connectivity index (χ2n) is 16.7. The predicted octanol–water partition coefficient (Wildman–Crippen LogP) is 16.7. The fourth-order valence-corrected chi connectivity index (χ4v) is 10.4. The lowest BCUT2D eigenvalue weighted by atomic mass is 9.80. The van der Waals surface area contributed by atoms with Crippen LogP contribution in [-0.4, -0.2) is 4.57 Å². The number of rotatable bonds is 7. The van der Waals surface area contributed by atoms with E-state index >= 15 is 0 Å². The summed E-state index contributed by atoms with van der Waals surface area (Å²) in [4.78, 5) is 2.51. The Morgan fingerprint density at radius 1 is 0.443 bits per heavy atom. The maximum Gasteiger partial charge on any atom is 0.135 e. The Morgan fingerprint density at radius 2 is 1.10 bits per heavy atom. The highest BCUT2D eigenvalue weighted by Crippen LogP contribution is 2.49. The molecule has 0 unspecified atom stereocenters. The van der Waals surface area contributed by atoms with Crippen molar-refractivity contribution in [3.05, 3.63) is 206 Å². The topological polar surface area (TPSA) is 21.3 Å². The molecule has 11 aromatic rings. The largest absolute Gasteiger partial charge is 0.456 e. The average Bonchev–Trinajstić information content (AvgIpc) is 3.88. The molecule has 0 spiro atoms. The normalized spacial score (nSPS) is 13.5. The van der Waals surface area contributed by atoms with Crippen molar-refractivity contribution >= 4 is 71.6 Å². The molecule has 0 atom stereocenters. The minimum absolute atomic E-state index is 0.575. The number of furan rings is 1. The van der Waals surface area contributed by atoms with Crippen molar-refractivity contribution < 1.29 is 4.42 Å². The summed E-state index contributed by atoms with van der Waals surface area (Å²) in [7, 11) is 0. The molecule has 0 aliphatic heterocycles. The van der Waals surface area contributed by atoms with Gasteiger partial charge in [-0.1, -0.05) is 153 Å². The van der Waals surface area contributed by atoms with Gasteiger partial charge >= 0.3 is 0 Å². The highest BCUT2D eigenvalue weighted by atomic mass is 16.3. The molecule has 1 aliphatic carbocycles. The van der Waals surface area contributed by atoms with E-state index in [0.29, 0.717) is 5.92 Å². The van der Waals surface area contributed by atoms with Crippen LogP contribution in [0.4, 0.5) is 17.1 Å². The Morgan fingerprint density at radius 3 is 1.97 bits per heavy atom. The van der Waals surface area contributed by atoms with Gasteiger partial charge in [-0.2, -0.15) is 0 Å². The van der Waals surface area contributed by atoms with E-state index < -0.39 is 0 Å². The minimum atomic E-state index is 0.575. The van der Waals surface area contributed by atoms with Crippen LogP contribution in [0.15, 0.2) is 205 Å². The van der Waals surface area contributed by atoms with Gasteiger partial charge in [0.15, 0.2) is 0 Å². The van der Waals surface area contributed by atoms with Gasteiger partial charge in [0.2, 0.25) is 0 Å². The summed E-state index contributed by atoms with van der Waals surface area (Å²) in [6, 6.07) is 73.4. The zero-order valence-corrected chi connectivity index (χ0v) is 34.0. The lowest BCUT2D eigenvalue weighted by Crippen LogP contribution is -2.12. The first kappa shape index (κ1) is 35.6. The van der Waals surface area contributed by atoms with E-state index in [-0.39, 0.29) is 0 Å². The number of hydrogen-bond donors (Lipinski definition) is 0. The molecule has 0 amide bonds. The van der Waals surface area contributed by atoms with E-state index in [1.807, 2.05) is 12.1 Å². The Kier molecular flexibility index (Phi) is 8.59. The van der Waals surface area contributed by atoms with Crippen LogP contribution in [0.25, 0.3) is 82.5 Å². The van der Waals surface area contributed by atoms with Crippen molar-refractivity contribution in [2.45, 2.75) is 38.0 Å². The summed E-state index contributed by atoms with van der Waals surface area (Å²) in [5.74, 6) is 0.575. The van der Waals surface area contributed by atoms with E-state index in [9.17, 15) is 0 Å². The number of aromatic nitrogens is 1. The molecular weight excluding hydrogens is 741 g/mol. The second kappa shape index (κ2) is 14.7. The lowest BCUT2D eigenvalue weighted by molar-refractivity contribution is 0.445. The van der Waals surface area contributed by atoms with Crippen molar-refractivity contribution in [3.63, 3.8) is 0 Å². The van der Waals surface area contributed by atoms with E-state index in [1.165, 1.54) is 81.4 Å². The first-order valence-corrected chi connectivity index (χ1v) is 21.8. The van der Waals surface area contributed by atoms with Crippen LogP contribution in [0, 0.1) is 0 Å². The third-order valence-corrected chi connectivity index (χ3v) is 13.2. The summed E-state index contributed by atoms with van der Waals surface area (Å²) in [6.07, 6.45) is 6.45. The molecule has 0 bridgehead atoms. The van der Waals surface area contributed by atoms with Gasteiger partial charge in [0.25, 0.3) is 0 Å². The zero-order valence-electron chi connectivity index (χ0n) is 34.0. The molecule has 61 heavy (non-hydrogen) atoms. The van der Waals surface area contributed by atoms with E-state index in [0.717, 1.165) is 55.8 Å². The van der Waals surface area contributed by atoms with Crippen LogP contribution in [0.3, 0.4) is 0 Å². The van der Waals surface area contributed by atoms with Crippen molar-refractivity contribution in [1.82, 2.24) is 4.57 Å². The van der Waals surface area contributed by atoms with Crippen molar-refractivity contribution in [2.24, 2.45) is 0 Å². The Labute approximate surface area is 355 Å². The van der Waals surface area contributed by atoms with Crippen molar-refractivity contribution in [2.75, 3.05) is 4.90 Å². The Hall–Kier alpha value is -7.36. The second-order valence-corrected chi connectivity index (χ2v) is 16.7. The first-order valence-electron chi connectivity index (χ1n) is 21.8. The zero-order chi connectivity index (χ0) is 40.3. The highest BCUT2D eigenvalue weighted by Gasteiger charge is 2.25. The molecule has 292 valence electrons. The third-order valence-electron chi connectivity index (χ3n) is 13.2. The maximum atomic E-state index is 6.20. The number of anilines is 3. The van der Waals surface area contributed by atoms with E-state index in [1.54, 1.807) is 0 Å². The molecular formula is C58H44N2O. The fourth-order valence-electron chi connectivity index (χ4n) is 10.4. The smallest absolute Gasteiger partial charge is 0.135 e. The van der Waals surface area contributed by atoms with Crippen LogP contribution in [-0.2, 0) is 0 Å². The van der Waals surface area contributed by atoms with Crippen molar-refractivity contribution in [1.29, 1.82) is 0 Å². The summed E-state index contributed by atoms with van der Waals surface area (Å²) in [5.41, 5.74) is 15.1. The lowest BCUT2D eigenvalue weighted by Gasteiger charge is -2.30. The van der Waals surface area contributed by atoms with E-state index in [2.05, 4.69) is 198 Å². The molecule has 2 heterocycles. The first-order chi connectivity index (χ1) is 30.3. The van der Waals surface area contributed by atoms with E-state index in [4.69, 9.17) is 4.42 Å². The molecule has 3 nitrogen and oxygen atoms in total. The van der Waals surface area contributed by atoms with Gasteiger partial charge in [-0.25, -0.2) is 0 Å². The molecule has 1 aliphatic rings. The molecule has 0 N–H and O–H groups in total. The van der Waals surface area contributed by atoms with Crippen LogP contribution in [0.1, 0.15) is 43.6 Å². The van der Waals surface area contributed by atoms with Gasteiger partial charge in [-0.3, -0.25) is 0 Å². The molecule has 3 heteroatoms. The maximum absolute atomic E-state index is 6.20. The van der Waals surface area contributed by atoms with Crippen LogP contribution >= 0.6 is 0 Å². The third kappa shape index (κ3) is 5.95. The number of hydrogen-bond acceptors (Lipinski definition) is 2. The molecule has 1 fully saturated rings. The molecule has 2 aromatic heterocycles. The fraction of sp³-hybridized carbons (Fsp3) is 0.103. The van der Waals surface area contributed by atoms with Gasteiger partial charge in [0.1, 0.15) is 11.2 Å². The number of nitrogens with zero attached hydrogens (tertiary/aromatic N) is 2. The summed E-state index contributed by atoms with van der Waals surface area (Å²) in [6.45, 7) is 0. The molecule has 9 aromatic carbocycles. The highest BCUT2D eigenvalue weighted by molar-refractivity contribution is 6.17. The number of benzene rings is 9. The van der Waals surface area contributed by atoms with Crippen molar-refractivity contribution in [3.8, 4) is 27.9 Å². The molecule has 1 saturated carbocycles.